The van der Waals surface area contributed by atoms with Crippen molar-refractivity contribution in [2.24, 2.45) is 12.5 Å². The number of nitrogens with zero attached hydrogens (tertiary/aromatic N) is 2. The van der Waals surface area contributed by atoms with Crippen molar-refractivity contribution in [2.75, 3.05) is 6.54 Å². The van der Waals surface area contributed by atoms with E-state index >= 15 is 0 Å². The Kier molecular flexibility index (Phi) is 4.20. The average Bonchev–Trinajstić information content (AvgIpc) is 2.59. The van der Waals surface area contributed by atoms with Crippen LogP contribution in [0.3, 0.4) is 0 Å². The number of amides is 2. The fourth-order valence-corrected chi connectivity index (χ4v) is 2.62. The maximum atomic E-state index is 11.8. The van der Waals surface area contributed by atoms with E-state index in [2.05, 4.69) is 15.7 Å². The van der Waals surface area contributed by atoms with Gasteiger partial charge >= 0.3 is 12.0 Å². The molecule has 1 aliphatic carbocycles. The Labute approximate surface area is 123 Å². The number of carbonyl (C=O) groups excluding carboxylic acids is 1. The van der Waals surface area contributed by atoms with Crippen molar-refractivity contribution in [1.82, 2.24) is 20.4 Å². The van der Waals surface area contributed by atoms with Crippen LogP contribution in [-0.4, -0.2) is 33.4 Å². The highest BCUT2D eigenvalue weighted by Gasteiger charge is 2.44. The van der Waals surface area contributed by atoms with Gasteiger partial charge in [0.2, 0.25) is 0 Å². The van der Waals surface area contributed by atoms with Crippen LogP contribution < -0.4 is 10.6 Å². The van der Waals surface area contributed by atoms with E-state index in [9.17, 15) is 14.7 Å². The van der Waals surface area contributed by atoms with Crippen LogP contribution in [0, 0.1) is 19.3 Å². The standard InChI is InChI=1S/C14H22N4O3/c1-9-11(10(2)18(3)17-9)7-15-13(21)16-8-14(12(19)20)5-4-6-14/h4-8H2,1-3H3,(H,19,20)(H2,15,16,21). The summed E-state index contributed by atoms with van der Waals surface area (Å²) in [4.78, 5) is 23.0. The number of hydrogen-bond donors (Lipinski definition) is 3. The van der Waals surface area contributed by atoms with E-state index in [1.54, 1.807) is 4.68 Å². The number of aliphatic carboxylic acids is 1. The number of nitrogens with one attached hydrogen (secondary N) is 2. The van der Waals surface area contributed by atoms with Crippen LogP contribution in [-0.2, 0) is 18.4 Å². The van der Waals surface area contributed by atoms with Crippen molar-refractivity contribution in [3.63, 3.8) is 0 Å². The molecule has 116 valence electrons. The largest absolute Gasteiger partial charge is 0.481 e. The molecular weight excluding hydrogens is 272 g/mol. The van der Waals surface area contributed by atoms with Gasteiger partial charge in [0.1, 0.15) is 0 Å². The minimum Gasteiger partial charge on any atom is -0.481 e. The van der Waals surface area contributed by atoms with Gasteiger partial charge in [-0.3, -0.25) is 9.48 Å². The number of carboxylic acids is 1. The first-order valence-electron chi connectivity index (χ1n) is 7.10. The van der Waals surface area contributed by atoms with Crippen LogP contribution in [0.2, 0.25) is 0 Å². The Morgan fingerprint density at radius 2 is 2.00 bits per heavy atom. The van der Waals surface area contributed by atoms with Gasteiger partial charge in [0.05, 0.1) is 11.1 Å². The van der Waals surface area contributed by atoms with E-state index in [1.807, 2.05) is 20.9 Å². The van der Waals surface area contributed by atoms with Crippen LogP contribution >= 0.6 is 0 Å². The second kappa shape index (κ2) is 5.75. The summed E-state index contributed by atoms with van der Waals surface area (Å²) in [5, 5.41) is 18.9. The quantitative estimate of drug-likeness (QED) is 0.757. The van der Waals surface area contributed by atoms with Gasteiger partial charge in [-0.2, -0.15) is 5.10 Å². The third kappa shape index (κ3) is 3.01. The van der Waals surface area contributed by atoms with E-state index in [1.165, 1.54) is 0 Å². The summed E-state index contributed by atoms with van der Waals surface area (Å²) in [6.45, 7) is 4.41. The highest BCUT2D eigenvalue weighted by molar-refractivity contribution is 5.78. The first kappa shape index (κ1) is 15.3. The Hall–Kier alpha value is -2.05. The molecule has 0 bridgehead atoms. The molecule has 1 aliphatic rings. The van der Waals surface area contributed by atoms with E-state index in [0.29, 0.717) is 19.4 Å². The Bertz CT molecular complexity index is 561. The highest BCUT2D eigenvalue weighted by atomic mass is 16.4. The smallest absolute Gasteiger partial charge is 0.315 e. The average molecular weight is 294 g/mol. The zero-order valence-corrected chi connectivity index (χ0v) is 12.7. The van der Waals surface area contributed by atoms with E-state index in [-0.39, 0.29) is 12.6 Å². The minimum atomic E-state index is -0.826. The summed E-state index contributed by atoms with van der Waals surface area (Å²) in [6, 6.07) is -0.342. The third-order valence-corrected chi connectivity index (χ3v) is 4.44. The molecule has 1 aromatic rings. The van der Waals surface area contributed by atoms with Crippen molar-refractivity contribution in [2.45, 2.75) is 39.7 Å². The van der Waals surface area contributed by atoms with Crippen molar-refractivity contribution >= 4 is 12.0 Å². The third-order valence-electron chi connectivity index (χ3n) is 4.44. The molecule has 2 rings (SSSR count). The van der Waals surface area contributed by atoms with Crippen molar-refractivity contribution in [3.8, 4) is 0 Å². The Morgan fingerprint density at radius 1 is 1.33 bits per heavy atom. The molecule has 0 radical (unpaired) electrons. The van der Waals surface area contributed by atoms with Gasteiger partial charge in [0.15, 0.2) is 0 Å². The molecule has 1 fully saturated rings. The molecule has 0 atom stereocenters. The van der Waals surface area contributed by atoms with Gasteiger partial charge in [0, 0.05) is 31.4 Å². The summed E-state index contributed by atoms with van der Waals surface area (Å²) in [5.74, 6) is -0.826. The molecule has 2 amide bonds. The van der Waals surface area contributed by atoms with E-state index in [4.69, 9.17) is 0 Å². The maximum Gasteiger partial charge on any atom is 0.315 e. The topological polar surface area (TPSA) is 96.3 Å². The molecule has 1 heterocycles. The molecule has 3 N–H and O–H groups in total. The van der Waals surface area contributed by atoms with Gasteiger partial charge < -0.3 is 15.7 Å². The summed E-state index contributed by atoms with van der Waals surface area (Å²) in [6.07, 6.45) is 2.16. The fraction of sp³-hybridized carbons (Fsp3) is 0.643. The molecule has 1 saturated carbocycles. The van der Waals surface area contributed by atoms with Gasteiger partial charge in [-0.15, -0.1) is 0 Å². The van der Waals surface area contributed by atoms with Gasteiger partial charge in [0.25, 0.3) is 0 Å². The van der Waals surface area contributed by atoms with Crippen LogP contribution in [0.5, 0.6) is 0 Å². The molecule has 21 heavy (non-hydrogen) atoms. The Morgan fingerprint density at radius 3 is 2.43 bits per heavy atom. The number of carbonyl (C=O) groups is 2. The zero-order chi connectivity index (χ0) is 15.6. The summed E-state index contributed by atoms with van der Waals surface area (Å²) in [7, 11) is 1.86. The lowest BCUT2D eigenvalue weighted by Gasteiger charge is -2.37. The lowest BCUT2D eigenvalue weighted by Crippen LogP contribution is -2.49. The molecule has 7 heteroatoms. The molecule has 0 saturated heterocycles. The van der Waals surface area contributed by atoms with Crippen LogP contribution in [0.1, 0.15) is 36.2 Å². The van der Waals surface area contributed by atoms with Crippen molar-refractivity contribution in [3.05, 3.63) is 17.0 Å². The van der Waals surface area contributed by atoms with Crippen LogP contribution in [0.4, 0.5) is 4.79 Å². The van der Waals surface area contributed by atoms with Gasteiger partial charge in [-0.1, -0.05) is 6.42 Å². The first-order valence-corrected chi connectivity index (χ1v) is 7.10. The zero-order valence-electron chi connectivity index (χ0n) is 12.7. The molecule has 1 aromatic heterocycles. The minimum absolute atomic E-state index is 0.180. The molecular formula is C14H22N4O3. The molecule has 7 nitrogen and oxygen atoms in total. The lowest BCUT2D eigenvalue weighted by atomic mass is 9.69. The maximum absolute atomic E-state index is 11.8. The lowest BCUT2D eigenvalue weighted by molar-refractivity contribution is -0.153. The molecule has 0 aliphatic heterocycles. The number of hydrogen-bond acceptors (Lipinski definition) is 3. The fourth-order valence-electron chi connectivity index (χ4n) is 2.62. The number of aromatic nitrogens is 2. The number of carboxylic acid groups (broad SMARTS) is 1. The Balaban J connectivity index is 1.84. The van der Waals surface area contributed by atoms with E-state index in [0.717, 1.165) is 23.4 Å². The monoisotopic (exact) mass is 294 g/mol. The van der Waals surface area contributed by atoms with Gasteiger partial charge in [-0.25, -0.2) is 4.79 Å². The van der Waals surface area contributed by atoms with Crippen molar-refractivity contribution < 1.29 is 14.7 Å². The van der Waals surface area contributed by atoms with Crippen LogP contribution in [0.25, 0.3) is 0 Å². The van der Waals surface area contributed by atoms with Crippen LogP contribution in [0.15, 0.2) is 0 Å². The predicted octanol–water partition coefficient (Wildman–Crippen LogP) is 1.09. The normalized spacial score (nSPS) is 16.1. The van der Waals surface area contributed by atoms with Crippen molar-refractivity contribution in [1.29, 1.82) is 0 Å². The molecule has 0 aromatic carbocycles. The summed E-state index contributed by atoms with van der Waals surface area (Å²) >= 11 is 0. The second-order valence-electron chi connectivity index (χ2n) is 5.75. The highest BCUT2D eigenvalue weighted by Crippen LogP contribution is 2.40. The summed E-state index contributed by atoms with van der Waals surface area (Å²) < 4.78 is 1.78. The summed E-state index contributed by atoms with van der Waals surface area (Å²) in [5.41, 5.74) is 2.12. The molecule has 0 spiro atoms. The molecule has 0 unspecified atom stereocenters. The number of rotatable bonds is 5. The van der Waals surface area contributed by atoms with E-state index < -0.39 is 11.4 Å². The second-order valence-corrected chi connectivity index (χ2v) is 5.75. The number of urea groups is 1. The van der Waals surface area contributed by atoms with Gasteiger partial charge in [-0.05, 0) is 26.7 Å². The first-order chi connectivity index (χ1) is 9.85. The predicted molar refractivity (Wildman–Crippen MR) is 76.8 cm³/mol. The number of aryl methyl sites for hydroxylation is 2. The SMILES string of the molecule is Cc1nn(C)c(C)c1CNC(=O)NCC1(C(=O)O)CCC1.